The summed E-state index contributed by atoms with van der Waals surface area (Å²) in [7, 11) is 0. The Balaban J connectivity index is 1.94. The highest BCUT2D eigenvalue weighted by Crippen LogP contribution is 2.34. The van der Waals surface area contributed by atoms with Crippen molar-refractivity contribution in [2.24, 2.45) is 11.0 Å². The first-order chi connectivity index (χ1) is 13.2. The summed E-state index contributed by atoms with van der Waals surface area (Å²) in [5.41, 5.74) is 3.41. The quantitative estimate of drug-likeness (QED) is 0.721. The Morgan fingerprint density at radius 3 is 2.43 bits per heavy atom. The van der Waals surface area contributed by atoms with Gasteiger partial charge in [0.05, 0.1) is 17.0 Å². The lowest BCUT2D eigenvalue weighted by Gasteiger charge is -2.23. The molecule has 1 atom stereocenters. The number of hydrogen-bond acceptors (Lipinski definition) is 3. The minimum atomic E-state index is -4.52. The molecule has 2 aromatic rings. The predicted molar refractivity (Wildman–Crippen MR) is 103 cm³/mol. The van der Waals surface area contributed by atoms with Crippen LogP contribution in [0.15, 0.2) is 53.6 Å². The molecule has 3 rings (SSSR count). The average molecular weight is 407 g/mol. The van der Waals surface area contributed by atoms with Crippen molar-refractivity contribution in [1.82, 2.24) is 5.43 Å². The van der Waals surface area contributed by atoms with Crippen molar-refractivity contribution in [3.63, 3.8) is 0 Å². The van der Waals surface area contributed by atoms with E-state index in [1.54, 1.807) is 24.3 Å². The number of carbonyl (C=O) groups excluding carboxylic acids is 2. The van der Waals surface area contributed by atoms with Crippen LogP contribution in [0.1, 0.15) is 24.5 Å². The summed E-state index contributed by atoms with van der Waals surface area (Å²) in [6, 6.07) is 11.0. The van der Waals surface area contributed by atoms with E-state index in [1.165, 1.54) is 12.1 Å². The third-order valence-electron chi connectivity index (χ3n) is 4.30. The molecule has 2 aromatic carbocycles. The van der Waals surface area contributed by atoms with Crippen molar-refractivity contribution in [2.75, 3.05) is 4.90 Å². The molecule has 0 bridgehead atoms. The zero-order valence-electron chi connectivity index (χ0n) is 14.7. The summed E-state index contributed by atoms with van der Waals surface area (Å²) < 4.78 is 39.0. The smallest absolute Gasteiger partial charge is 0.273 e. The van der Waals surface area contributed by atoms with E-state index < -0.39 is 17.0 Å². The van der Waals surface area contributed by atoms with E-state index in [0.29, 0.717) is 17.8 Å². The maximum atomic E-state index is 13.0. The molecule has 1 aliphatic rings. The molecule has 0 aromatic heterocycles. The summed E-state index contributed by atoms with van der Waals surface area (Å²) in [4.78, 5) is 24.5. The molecular weight excluding hydrogens is 391 g/mol. The van der Waals surface area contributed by atoms with Crippen molar-refractivity contribution >= 4 is 40.9 Å². The molecule has 2 amide bonds. The summed E-state index contributed by atoms with van der Waals surface area (Å²) in [5, 5.41) is 3.34. The molecule has 9 heteroatoms. The number of hydrogen-bond donors (Lipinski definition) is 2. The second kappa shape index (κ2) is 7.67. The van der Waals surface area contributed by atoms with Gasteiger partial charge in [-0.15, -0.1) is 0 Å². The van der Waals surface area contributed by atoms with Crippen LogP contribution in [0, 0.1) is 5.92 Å². The number of alkyl halides is 3. The SMILES string of the molecule is CC1CC(=O)NN=C1c1ccc(N(C(=O)S)c2cccc(C(F)(F)F)c2)cc1. The molecule has 5 nitrogen and oxygen atoms in total. The standard InChI is InChI=1S/C19H16F3N3O2S/c1-11-9-16(26)23-24-17(11)12-5-7-14(8-6-12)25(18(27)28)15-4-2-3-13(10-15)19(20,21)22/h2-8,10-11H,9H2,1H3,(H,23,26)(H,27,28). The Morgan fingerprint density at radius 2 is 1.86 bits per heavy atom. The van der Waals surface area contributed by atoms with Crippen molar-refractivity contribution in [3.05, 3.63) is 59.7 Å². The van der Waals surface area contributed by atoms with E-state index in [4.69, 9.17) is 0 Å². The third-order valence-corrected chi connectivity index (χ3v) is 4.50. The topological polar surface area (TPSA) is 61.8 Å². The van der Waals surface area contributed by atoms with Gasteiger partial charge < -0.3 is 0 Å². The maximum Gasteiger partial charge on any atom is 0.416 e. The van der Waals surface area contributed by atoms with Crippen molar-refractivity contribution in [3.8, 4) is 0 Å². The molecule has 0 fully saturated rings. The molecule has 0 spiro atoms. The minimum Gasteiger partial charge on any atom is -0.273 e. The number of benzene rings is 2. The largest absolute Gasteiger partial charge is 0.416 e. The van der Waals surface area contributed by atoms with Gasteiger partial charge in [0, 0.05) is 18.0 Å². The van der Waals surface area contributed by atoms with Crippen LogP contribution in [0.4, 0.5) is 29.3 Å². The van der Waals surface area contributed by atoms with Gasteiger partial charge in [0.25, 0.3) is 5.24 Å². The second-order valence-corrected chi connectivity index (χ2v) is 6.73. The molecule has 0 aliphatic carbocycles. The van der Waals surface area contributed by atoms with Crippen LogP contribution >= 0.6 is 12.6 Å². The van der Waals surface area contributed by atoms with Gasteiger partial charge in [-0.05, 0) is 35.9 Å². The number of rotatable bonds is 3. The lowest BCUT2D eigenvalue weighted by Crippen LogP contribution is -2.32. The Kier molecular flexibility index (Phi) is 5.46. The molecule has 146 valence electrons. The van der Waals surface area contributed by atoms with Gasteiger partial charge in [-0.3, -0.25) is 14.5 Å². The summed E-state index contributed by atoms with van der Waals surface area (Å²) >= 11 is 3.81. The lowest BCUT2D eigenvalue weighted by atomic mass is 9.94. The van der Waals surface area contributed by atoms with Gasteiger partial charge in [0.2, 0.25) is 5.91 Å². The van der Waals surface area contributed by atoms with E-state index in [-0.39, 0.29) is 17.5 Å². The van der Waals surface area contributed by atoms with Gasteiger partial charge in [-0.1, -0.05) is 37.8 Å². The number of amides is 2. The molecule has 1 unspecified atom stereocenters. The first kappa shape index (κ1) is 19.9. The summed E-state index contributed by atoms with van der Waals surface area (Å²) in [5.74, 6) is -0.241. The van der Waals surface area contributed by atoms with Crippen LogP contribution in [0.2, 0.25) is 0 Å². The average Bonchev–Trinajstić information content (AvgIpc) is 2.62. The van der Waals surface area contributed by atoms with Crippen LogP contribution in [0.3, 0.4) is 0 Å². The van der Waals surface area contributed by atoms with Crippen LogP contribution in [-0.2, 0) is 11.0 Å². The third kappa shape index (κ3) is 4.19. The lowest BCUT2D eigenvalue weighted by molar-refractivity contribution is -0.137. The maximum absolute atomic E-state index is 13.0. The first-order valence-electron chi connectivity index (χ1n) is 8.34. The van der Waals surface area contributed by atoms with E-state index in [2.05, 4.69) is 23.2 Å². The highest BCUT2D eigenvalue weighted by molar-refractivity contribution is 7.97. The van der Waals surface area contributed by atoms with Crippen LogP contribution in [-0.4, -0.2) is 16.9 Å². The number of nitrogens with zero attached hydrogens (tertiary/aromatic N) is 2. The van der Waals surface area contributed by atoms with Crippen molar-refractivity contribution in [2.45, 2.75) is 19.5 Å². The molecule has 0 saturated heterocycles. The number of anilines is 2. The molecule has 28 heavy (non-hydrogen) atoms. The van der Waals surface area contributed by atoms with Gasteiger partial charge >= 0.3 is 6.18 Å². The molecule has 0 radical (unpaired) electrons. The van der Waals surface area contributed by atoms with Gasteiger partial charge in [0.15, 0.2) is 0 Å². The number of carbonyl (C=O) groups is 2. The molecule has 0 saturated carbocycles. The van der Waals surface area contributed by atoms with E-state index in [1.807, 2.05) is 6.92 Å². The van der Waals surface area contributed by atoms with E-state index in [0.717, 1.165) is 22.6 Å². The summed E-state index contributed by atoms with van der Waals surface area (Å²) in [6.07, 6.45) is -4.21. The zero-order chi connectivity index (χ0) is 20.5. The second-order valence-electron chi connectivity index (χ2n) is 6.35. The molecule has 1 aliphatic heterocycles. The highest BCUT2D eigenvalue weighted by Gasteiger charge is 2.31. The molecule has 1 heterocycles. The fourth-order valence-corrected chi connectivity index (χ4v) is 3.21. The first-order valence-corrected chi connectivity index (χ1v) is 8.78. The number of hydrazone groups is 1. The predicted octanol–water partition coefficient (Wildman–Crippen LogP) is 4.75. The zero-order valence-corrected chi connectivity index (χ0v) is 15.6. The van der Waals surface area contributed by atoms with Crippen LogP contribution < -0.4 is 10.3 Å². The van der Waals surface area contributed by atoms with E-state index in [9.17, 15) is 22.8 Å². The highest BCUT2D eigenvalue weighted by atomic mass is 32.1. The Bertz CT molecular complexity index is 942. The fourth-order valence-electron chi connectivity index (χ4n) is 2.97. The summed E-state index contributed by atoms with van der Waals surface area (Å²) in [6.45, 7) is 1.87. The van der Waals surface area contributed by atoms with Crippen LogP contribution in [0.5, 0.6) is 0 Å². The number of nitrogens with one attached hydrogen (secondary N) is 1. The monoisotopic (exact) mass is 407 g/mol. The molecular formula is C19H16F3N3O2S. The number of halogens is 3. The Morgan fingerprint density at radius 1 is 1.18 bits per heavy atom. The Hall–Kier alpha value is -2.81. The van der Waals surface area contributed by atoms with Crippen molar-refractivity contribution in [1.29, 1.82) is 0 Å². The van der Waals surface area contributed by atoms with Gasteiger partial charge in [0.1, 0.15) is 0 Å². The Labute approximate surface area is 164 Å². The fraction of sp³-hybridized carbons (Fsp3) is 0.211. The van der Waals surface area contributed by atoms with Gasteiger partial charge in [-0.25, -0.2) is 5.43 Å². The number of thiol groups is 1. The van der Waals surface area contributed by atoms with E-state index >= 15 is 0 Å². The van der Waals surface area contributed by atoms with Crippen LogP contribution in [0.25, 0.3) is 0 Å². The van der Waals surface area contributed by atoms with Crippen molar-refractivity contribution < 1.29 is 22.8 Å². The normalized spacial score (nSPS) is 17.0. The minimum absolute atomic E-state index is 0.0539. The molecule has 1 N–H and O–H groups in total. The van der Waals surface area contributed by atoms with Gasteiger partial charge in [-0.2, -0.15) is 18.3 Å².